The van der Waals surface area contributed by atoms with Gasteiger partial charge in [-0.05, 0) is 61.6 Å². The predicted octanol–water partition coefficient (Wildman–Crippen LogP) is 4.60. The van der Waals surface area contributed by atoms with Crippen molar-refractivity contribution in [3.05, 3.63) is 102 Å². The summed E-state index contributed by atoms with van der Waals surface area (Å²) in [5, 5.41) is 12.9. The van der Waals surface area contributed by atoms with E-state index in [9.17, 15) is 4.79 Å². The van der Waals surface area contributed by atoms with E-state index in [1.54, 1.807) is 38.8 Å². The summed E-state index contributed by atoms with van der Waals surface area (Å²) in [4.78, 5) is 18.9. The molecule has 0 radical (unpaired) electrons. The first-order valence-electron chi connectivity index (χ1n) is 17.7. The van der Waals surface area contributed by atoms with Crippen LogP contribution >= 0.6 is 0 Å². The fourth-order valence-electron chi connectivity index (χ4n) is 7.62. The molecular weight excluding hydrogens is 639 g/mol. The summed E-state index contributed by atoms with van der Waals surface area (Å²) in [6, 6.07) is 13.1. The van der Waals surface area contributed by atoms with Gasteiger partial charge >= 0.3 is 5.69 Å². The minimum atomic E-state index is -0.911. The molecule has 262 valence electrons. The molecular formula is C37H43FN8O4. The minimum Gasteiger partial charge on any atom is -0.491 e. The number of benzene rings is 2. The number of anilines is 2. The third kappa shape index (κ3) is 6.84. The summed E-state index contributed by atoms with van der Waals surface area (Å²) in [7, 11) is 0. The lowest BCUT2D eigenvalue weighted by Crippen LogP contribution is -2.46. The van der Waals surface area contributed by atoms with Crippen LogP contribution in [0, 0.1) is 17.7 Å². The highest BCUT2D eigenvalue weighted by molar-refractivity contribution is 5.55. The number of nitrogens with zero attached hydrogens (tertiary/aromatic N) is 8. The predicted molar refractivity (Wildman–Crippen MR) is 186 cm³/mol. The smallest absolute Gasteiger partial charge is 0.350 e. The number of hydrogen-bond acceptors (Lipinski definition) is 9. The molecule has 3 fully saturated rings. The topological polar surface area (TPSA) is 105 Å². The van der Waals surface area contributed by atoms with Crippen LogP contribution < -0.4 is 20.2 Å². The molecule has 1 unspecified atom stereocenters. The largest absolute Gasteiger partial charge is 0.491 e. The van der Waals surface area contributed by atoms with Crippen molar-refractivity contribution in [2.75, 3.05) is 49.2 Å². The molecule has 2 aliphatic carbocycles. The van der Waals surface area contributed by atoms with Gasteiger partial charge in [0.1, 0.15) is 37.1 Å². The van der Waals surface area contributed by atoms with Crippen LogP contribution in [0.15, 0.2) is 90.3 Å². The zero-order valence-corrected chi connectivity index (χ0v) is 28.1. The Morgan fingerprint density at radius 3 is 2.42 bits per heavy atom. The van der Waals surface area contributed by atoms with Crippen LogP contribution in [0.2, 0.25) is 0 Å². The molecule has 4 heterocycles. The monoisotopic (exact) mass is 682 g/mol. The molecule has 0 bridgehead atoms. The van der Waals surface area contributed by atoms with Gasteiger partial charge in [-0.15, -0.1) is 0 Å². The Morgan fingerprint density at radius 2 is 1.68 bits per heavy atom. The van der Waals surface area contributed by atoms with Gasteiger partial charge in [0.25, 0.3) is 0 Å². The highest BCUT2D eigenvalue weighted by atomic mass is 19.1. The quantitative estimate of drug-likeness (QED) is 0.225. The van der Waals surface area contributed by atoms with E-state index in [2.05, 4.69) is 37.2 Å². The Bertz CT molecular complexity index is 1860. The molecule has 2 aromatic heterocycles. The van der Waals surface area contributed by atoms with E-state index >= 15 is 4.39 Å². The lowest BCUT2D eigenvalue weighted by atomic mass is 9.91. The third-order valence-corrected chi connectivity index (χ3v) is 10.4. The van der Waals surface area contributed by atoms with Crippen LogP contribution in [0.4, 0.5) is 15.8 Å². The van der Waals surface area contributed by atoms with Crippen molar-refractivity contribution in [1.82, 2.24) is 29.3 Å². The fraction of sp³-hybridized carbons (Fsp3) is 0.459. The minimum absolute atomic E-state index is 0.00726. The molecule has 12 nitrogen and oxygen atoms in total. The molecule has 1 saturated carbocycles. The molecule has 4 aromatic rings. The maximum Gasteiger partial charge on any atom is 0.350 e. The van der Waals surface area contributed by atoms with Gasteiger partial charge in [-0.3, -0.25) is 0 Å². The van der Waals surface area contributed by atoms with Crippen molar-refractivity contribution >= 4 is 11.4 Å². The van der Waals surface area contributed by atoms with E-state index in [1.807, 2.05) is 42.5 Å². The van der Waals surface area contributed by atoms with Crippen LogP contribution in [-0.2, 0) is 22.6 Å². The summed E-state index contributed by atoms with van der Waals surface area (Å²) < 4.78 is 37.4. The van der Waals surface area contributed by atoms with Crippen molar-refractivity contribution in [2.24, 2.45) is 11.8 Å². The second-order valence-corrected chi connectivity index (χ2v) is 13.6. The summed E-state index contributed by atoms with van der Waals surface area (Å²) in [6.07, 6.45) is 18.4. The molecule has 0 spiro atoms. The van der Waals surface area contributed by atoms with Crippen molar-refractivity contribution in [3.8, 4) is 11.4 Å². The Hall–Kier alpha value is -4.75. The molecule has 0 amide bonds. The maximum atomic E-state index is 15.4. The van der Waals surface area contributed by atoms with Gasteiger partial charge in [0, 0.05) is 50.4 Å². The normalized spacial score (nSPS) is 24.0. The number of ether oxygens (including phenoxy) is 3. The Kier molecular flexibility index (Phi) is 9.24. The van der Waals surface area contributed by atoms with E-state index in [-0.39, 0.29) is 30.1 Å². The first-order valence-corrected chi connectivity index (χ1v) is 17.7. The lowest BCUT2D eigenvalue weighted by Gasteiger charge is -2.37. The van der Waals surface area contributed by atoms with Gasteiger partial charge in [-0.2, -0.15) is 20.1 Å². The average molecular weight is 683 g/mol. The number of rotatable bonds is 11. The van der Waals surface area contributed by atoms with Crippen molar-refractivity contribution in [3.63, 3.8) is 0 Å². The molecule has 0 N–H and O–H groups in total. The van der Waals surface area contributed by atoms with E-state index < -0.39 is 5.79 Å². The van der Waals surface area contributed by atoms with Crippen LogP contribution in [-0.4, -0.2) is 80.6 Å². The van der Waals surface area contributed by atoms with Gasteiger partial charge < -0.3 is 24.0 Å². The molecule has 13 heteroatoms. The van der Waals surface area contributed by atoms with Crippen molar-refractivity contribution in [2.45, 2.75) is 57.1 Å². The molecule has 2 saturated heterocycles. The summed E-state index contributed by atoms with van der Waals surface area (Å²) in [5.41, 5.74) is 2.34. The van der Waals surface area contributed by atoms with Crippen molar-refractivity contribution < 1.29 is 18.6 Å². The lowest BCUT2D eigenvalue weighted by molar-refractivity contribution is -0.208. The SMILES string of the molecule is O=c1n(-c2ccc(N3CCN(c4ccc(OC[C@@H]5CO[C@@](Cn6nccn6)(C6C=CC=CC6)O5)cc4F)CC3)cc2)cnn1CC1CCCC1. The average Bonchev–Trinajstić information content (AvgIpc) is 3.99. The van der Waals surface area contributed by atoms with Gasteiger partial charge in [0.15, 0.2) is 5.79 Å². The van der Waals surface area contributed by atoms with Gasteiger partial charge in [0.2, 0.25) is 0 Å². The van der Waals surface area contributed by atoms with E-state index in [4.69, 9.17) is 14.2 Å². The second kappa shape index (κ2) is 14.2. The Labute approximate surface area is 290 Å². The van der Waals surface area contributed by atoms with E-state index in [0.717, 1.165) is 30.9 Å². The Balaban J connectivity index is 0.841. The van der Waals surface area contributed by atoms with Gasteiger partial charge in [-0.25, -0.2) is 18.4 Å². The second-order valence-electron chi connectivity index (χ2n) is 13.6. The number of piperazine rings is 1. The van der Waals surface area contributed by atoms with E-state index in [0.29, 0.717) is 50.1 Å². The first-order chi connectivity index (χ1) is 24.5. The fourth-order valence-corrected chi connectivity index (χ4v) is 7.62. The third-order valence-electron chi connectivity index (χ3n) is 10.4. The van der Waals surface area contributed by atoms with Gasteiger partial charge in [-0.1, -0.05) is 37.1 Å². The summed E-state index contributed by atoms with van der Waals surface area (Å²) in [6.45, 7) is 4.48. The first kappa shape index (κ1) is 32.5. The van der Waals surface area contributed by atoms with E-state index in [1.165, 1.54) is 31.7 Å². The zero-order chi connectivity index (χ0) is 33.9. The van der Waals surface area contributed by atoms with Crippen molar-refractivity contribution in [1.29, 1.82) is 0 Å². The standard InChI is InChI=1S/C37H43FN8O4/c38-34-22-32(48-24-33-25-49-37(50-33,26-46-39-16-17-40-46)29-8-2-1-3-9-29)14-15-35(34)43-20-18-42(19-21-43)30-10-12-31(13-11-30)44-27-41-45(36(44)47)23-28-6-4-5-7-28/h1-3,8,10-17,22,27-29,33H,4-7,9,18-21,23-26H2/t29?,33-,37-/m1/s1. The molecule has 2 aromatic carbocycles. The van der Waals surface area contributed by atoms with Gasteiger partial charge in [0.05, 0.1) is 30.4 Å². The van der Waals surface area contributed by atoms with Crippen LogP contribution in [0.3, 0.4) is 0 Å². The molecule has 8 rings (SSSR count). The zero-order valence-electron chi connectivity index (χ0n) is 28.1. The molecule has 2 aliphatic heterocycles. The highest BCUT2D eigenvalue weighted by Crippen LogP contribution is 2.37. The molecule has 50 heavy (non-hydrogen) atoms. The van der Waals surface area contributed by atoms with Crippen LogP contribution in [0.25, 0.3) is 5.69 Å². The Morgan fingerprint density at radius 1 is 0.920 bits per heavy atom. The van der Waals surface area contributed by atoms with Crippen LogP contribution in [0.5, 0.6) is 5.75 Å². The number of allylic oxidation sites excluding steroid dienone is 3. The van der Waals surface area contributed by atoms with Crippen LogP contribution in [0.1, 0.15) is 32.1 Å². The molecule has 3 atom stereocenters. The summed E-state index contributed by atoms with van der Waals surface area (Å²) in [5.74, 6) is -0.228. The summed E-state index contributed by atoms with van der Waals surface area (Å²) >= 11 is 0. The molecule has 4 aliphatic rings. The number of hydrogen-bond donors (Lipinski definition) is 0. The number of halogens is 1. The number of aromatic nitrogens is 6. The highest BCUT2D eigenvalue weighted by Gasteiger charge is 2.48. The maximum absolute atomic E-state index is 15.4.